The number of H-pyrrole nitrogens is 1. The number of carbonyl (C=O) groups excluding carboxylic acids is 2. The lowest BCUT2D eigenvalue weighted by molar-refractivity contribution is 0.0779. The quantitative estimate of drug-likeness (QED) is 0.767. The molecule has 0 fully saturated rings. The first-order valence-electron chi connectivity index (χ1n) is 6.38. The number of aromatic nitrogens is 2. The molecule has 0 spiro atoms. The summed E-state index contributed by atoms with van der Waals surface area (Å²) >= 11 is 0. The Bertz CT molecular complexity index is 648. The van der Waals surface area contributed by atoms with Gasteiger partial charge in [0.25, 0.3) is 11.8 Å². The summed E-state index contributed by atoms with van der Waals surface area (Å²) in [5, 5.41) is 8.87. The van der Waals surface area contributed by atoms with E-state index in [0.29, 0.717) is 17.8 Å². The van der Waals surface area contributed by atoms with Crippen molar-refractivity contribution in [2.24, 2.45) is 0 Å². The van der Waals surface area contributed by atoms with Gasteiger partial charge in [0.1, 0.15) is 11.5 Å². The molecule has 0 unspecified atom stereocenters. The molecular weight excluding hydrogens is 270 g/mol. The van der Waals surface area contributed by atoms with E-state index in [4.69, 9.17) is 5.73 Å². The summed E-state index contributed by atoms with van der Waals surface area (Å²) in [7, 11) is 3.27. The van der Waals surface area contributed by atoms with Gasteiger partial charge in [-0.05, 0) is 17.7 Å². The van der Waals surface area contributed by atoms with E-state index in [1.807, 2.05) is 12.1 Å². The van der Waals surface area contributed by atoms with Gasteiger partial charge in [-0.25, -0.2) is 0 Å². The number of rotatable bonds is 4. The molecule has 0 saturated carbocycles. The van der Waals surface area contributed by atoms with Gasteiger partial charge in [0, 0.05) is 32.3 Å². The minimum Gasteiger partial charge on any atom is -0.382 e. The molecule has 0 atom stereocenters. The summed E-state index contributed by atoms with van der Waals surface area (Å²) in [6, 6.07) is 8.57. The third-order valence-electron chi connectivity index (χ3n) is 3.04. The van der Waals surface area contributed by atoms with E-state index in [9.17, 15) is 9.59 Å². The van der Waals surface area contributed by atoms with Crippen LogP contribution in [0.1, 0.15) is 26.4 Å². The second-order valence-corrected chi connectivity index (χ2v) is 4.64. The van der Waals surface area contributed by atoms with Crippen molar-refractivity contribution in [3.8, 4) is 0 Å². The van der Waals surface area contributed by atoms with Crippen LogP contribution in [0, 0.1) is 0 Å². The summed E-state index contributed by atoms with van der Waals surface area (Å²) in [4.78, 5) is 25.1. The summed E-state index contributed by atoms with van der Waals surface area (Å²) < 4.78 is 0. The highest BCUT2D eigenvalue weighted by Gasteiger charge is 2.14. The second-order valence-electron chi connectivity index (χ2n) is 4.64. The summed E-state index contributed by atoms with van der Waals surface area (Å²) in [6.45, 7) is 0.422. The molecule has 7 nitrogen and oxygen atoms in total. The van der Waals surface area contributed by atoms with Crippen LogP contribution < -0.4 is 11.1 Å². The van der Waals surface area contributed by atoms with Crippen molar-refractivity contribution in [3.63, 3.8) is 0 Å². The van der Waals surface area contributed by atoms with Gasteiger partial charge in [0.2, 0.25) is 0 Å². The molecule has 0 aliphatic carbocycles. The SMILES string of the molecule is CNC(=O)c1ccc(CN(C)C(=O)c2cc(N)n[nH]2)cc1. The summed E-state index contributed by atoms with van der Waals surface area (Å²) in [6.07, 6.45) is 0. The van der Waals surface area contributed by atoms with Gasteiger partial charge >= 0.3 is 0 Å². The number of nitrogens with one attached hydrogen (secondary N) is 2. The molecule has 0 aliphatic heterocycles. The first kappa shape index (κ1) is 14.6. The highest BCUT2D eigenvalue weighted by molar-refractivity contribution is 5.94. The first-order chi connectivity index (χ1) is 10.0. The van der Waals surface area contributed by atoms with Crippen LogP contribution in [0.2, 0.25) is 0 Å². The van der Waals surface area contributed by atoms with Crippen LogP contribution in [0.3, 0.4) is 0 Å². The molecule has 21 heavy (non-hydrogen) atoms. The predicted octanol–water partition coefficient (Wildman–Crippen LogP) is 0.624. The number of anilines is 1. The van der Waals surface area contributed by atoms with E-state index < -0.39 is 0 Å². The molecule has 110 valence electrons. The highest BCUT2D eigenvalue weighted by Crippen LogP contribution is 2.10. The number of carbonyl (C=O) groups is 2. The average Bonchev–Trinajstić information content (AvgIpc) is 2.93. The normalized spacial score (nSPS) is 10.2. The Labute approximate surface area is 122 Å². The lowest BCUT2D eigenvalue weighted by Gasteiger charge is -2.16. The maximum atomic E-state index is 12.1. The molecule has 2 amide bonds. The van der Waals surface area contributed by atoms with Gasteiger partial charge in [0.15, 0.2) is 0 Å². The van der Waals surface area contributed by atoms with Crippen LogP contribution in [0.4, 0.5) is 5.82 Å². The first-order valence-corrected chi connectivity index (χ1v) is 6.38. The standard InChI is InChI=1S/C14H17N5O2/c1-16-13(20)10-5-3-9(4-6-10)8-19(2)14(21)11-7-12(15)18-17-11/h3-7H,8H2,1-2H3,(H,16,20)(H3,15,17,18). The van der Waals surface area contributed by atoms with Gasteiger partial charge in [-0.15, -0.1) is 0 Å². The number of aromatic amines is 1. The van der Waals surface area contributed by atoms with E-state index in [1.54, 1.807) is 31.1 Å². The van der Waals surface area contributed by atoms with Gasteiger partial charge in [-0.3, -0.25) is 14.7 Å². The molecule has 2 aromatic rings. The van der Waals surface area contributed by atoms with Crippen molar-refractivity contribution in [2.75, 3.05) is 19.8 Å². The zero-order valence-corrected chi connectivity index (χ0v) is 11.9. The van der Waals surface area contributed by atoms with E-state index in [-0.39, 0.29) is 17.6 Å². The van der Waals surface area contributed by atoms with Crippen molar-refractivity contribution in [2.45, 2.75) is 6.54 Å². The fourth-order valence-electron chi connectivity index (χ4n) is 1.90. The summed E-state index contributed by atoms with van der Waals surface area (Å²) in [5.41, 5.74) is 7.32. The van der Waals surface area contributed by atoms with E-state index in [1.165, 1.54) is 6.07 Å². The Balaban J connectivity index is 2.04. The minimum atomic E-state index is -0.199. The topological polar surface area (TPSA) is 104 Å². The Morgan fingerprint density at radius 3 is 2.52 bits per heavy atom. The maximum Gasteiger partial charge on any atom is 0.271 e. The van der Waals surface area contributed by atoms with Crippen molar-refractivity contribution in [3.05, 3.63) is 47.2 Å². The molecule has 2 rings (SSSR count). The molecule has 0 bridgehead atoms. The minimum absolute atomic E-state index is 0.140. The highest BCUT2D eigenvalue weighted by atomic mass is 16.2. The molecule has 0 aliphatic rings. The molecule has 1 heterocycles. The number of benzene rings is 1. The van der Waals surface area contributed by atoms with Crippen LogP contribution in [0.5, 0.6) is 0 Å². The smallest absolute Gasteiger partial charge is 0.271 e. The summed E-state index contributed by atoms with van der Waals surface area (Å²) in [5.74, 6) is -0.0600. The van der Waals surface area contributed by atoms with E-state index in [2.05, 4.69) is 15.5 Å². The van der Waals surface area contributed by atoms with Crippen molar-refractivity contribution >= 4 is 17.6 Å². The molecule has 7 heteroatoms. The van der Waals surface area contributed by atoms with Gasteiger partial charge < -0.3 is 16.0 Å². The Kier molecular flexibility index (Phi) is 4.22. The van der Waals surface area contributed by atoms with Crippen LogP contribution in [-0.4, -0.2) is 41.0 Å². The van der Waals surface area contributed by atoms with Crippen molar-refractivity contribution in [1.82, 2.24) is 20.4 Å². The third kappa shape index (κ3) is 3.38. The van der Waals surface area contributed by atoms with Crippen molar-refractivity contribution < 1.29 is 9.59 Å². The van der Waals surface area contributed by atoms with E-state index >= 15 is 0 Å². The van der Waals surface area contributed by atoms with E-state index in [0.717, 1.165) is 5.56 Å². The molecule has 0 radical (unpaired) electrons. The number of amides is 2. The Morgan fingerprint density at radius 1 is 1.33 bits per heavy atom. The maximum absolute atomic E-state index is 12.1. The van der Waals surface area contributed by atoms with Crippen LogP contribution >= 0.6 is 0 Å². The zero-order chi connectivity index (χ0) is 15.4. The van der Waals surface area contributed by atoms with Crippen molar-refractivity contribution in [1.29, 1.82) is 0 Å². The Morgan fingerprint density at radius 2 is 2.00 bits per heavy atom. The number of nitrogen functional groups attached to an aromatic ring is 1. The second kappa shape index (κ2) is 6.08. The van der Waals surface area contributed by atoms with Crippen LogP contribution in [-0.2, 0) is 6.54 Å². The lowest BCUT2D eigenvalue weighted by atomic mass is 10.1. The van der Waals surface area contributed by atoms with Crippen LogP contribution in [0.25, 0.3) is 0 Å². The fourth-order valence-corrected chi connectivity index (χ4v) is 1.90. The fraction of sp³-hybridized carbons (Fsp3) is 0.214. The van der Waals surface area contributed by atoms with Crippen LogP contribution in [0.15, 0.2) is 30.3 Å². The molecule has 4 N–H and O–H groups in total. The third-order valence-corrected chi connectivity index (χ3v) is 3.04. The number of nitrogens with two attached hydrogens (primary N) is 1. The molecule has 1 aromatic carbocycles. The van der Waals surface area contributed by atoms with Gasteiger partial charge in [0.05, 0.1) is 0 Å². The predicted molar refractivity (Wildman–Crippen MR) is 78.6 cm³/mol. The van der Waals surface area contributed by atoms with Gasteiger partial charge in [-0.2, -0.15) is 5.10 Å². The number of hydrogen-bond donors (Lipinski definition) is 3. The number of nitrogens with zero attached hydrogens (tertiary/aromatic N) is 2. The molecule has 0 saturated heterocycles. The molecule has 1 aromatic heterocycles. The lowest BCUT2D eigenvalue weighted by Crippen LogP contribution is -2.26. The monoisotopic (exact) mass is 287 g/mol. The Hall–Kier alpha value is -2.83. The number of hydrogen-bond acceptors (Lipinski definition) is 4. The van der Waals surface area contributed by atoms with Gasteiger partial charge in [-0.1, -0.05) is 12.1 Å². The molecular formula is C14H17N5O2. The average molecular weight is 287 g/mol. The zero-order valence-electron chi connectivity index (χ0n) is 11.9. The largest absolute Gasteiger partial charge is 0.382 e.